The molecule has 1 aliphatic rings. The molecule has 1 fully saturated rings. The van der Waals surface area contributed by atoms with Crippen LogP contribution in [0.1, 0.15) is 19.8 Å². The number of nitrogens with zero attached hydrogens (tertiary/aromatic N) is 3. The molecule has 1 N–H and O–H groups in total. The average Bonchev–Trinajstić information content (AvgIpc) is 3.11. The number of halogens is 1. The van der Waals surface area contributed by atoms with Gasteiger partial charge in [-0.05, 0) is 38.9 Å². The molecule has 132 valence electrons. The Morgan fingerprint density at radius 2 is 1.92 bits per heavy atom. The Labute approximate surface area is 147 Å². The Kier molecular flexibility index (Phi) is 6.07. The summed E-state index contributed by atoms with van der Waals surface area (Å²) in [5, 5.41) is 3.15. The lowest BCUT2D eigenvalue weighted by Crippen LogP contribution is -2.43. The van der Waals surface area contributed by atoms with Crippen LogP contribution < -0.4 is 11.0 Å². The highest BCUT2D eigenvalue weighted by Crippen LogP contribution is 2.18. The third kappa shape index (κ3) is 3.21. The van der Waals surface area contributed by atoms with Gasteiger partial charge in [0.1, 0.15) is 6.54 Å². The van der Waals surface area contributed by atoms with Crippen LogP contribution in [0.3, 0.4) is 0 Å². The van der Waals surface area contributed by atoms with Crippen molar-refractivity contribution in [2.45, 2.75) is 38.9 Å². The summed E-state index contributed by atoms with van der Waals surface area (Å²) in [6, 6.07) is 7.90. The fourth-order valence-electron chi connectivity index (χ4n) is 3.57. The number of imidazole rings is 1. The highest BCUT2D eigenvalue weighted by atomic mass is 35.5. The third-order valence-corrected chi connectivity index (χ3v) is 4.67. The Morgan fingerprint density at radius 1 is 1.25 bits per heavy atom. The molecule has 2 aromatic rings. The van der Waals surface area contributed by atoms with E-state index >= 15 is 0 Å². The molecule has 1 unspecified atom stereocenters. The summed E-state index contributed by atoms with van der Waals surface area (Å²) in [4.78, 5) is 27.3. The number of para-hydroxylation sites is 2. The number of carbonyl (C=O) groups excluding carboxylic acids is 1. The molecular weight excluding hydrogens is 328 g/mol. The zero-order valence-corrected chi connectivity index (χ0v) is 15.0. The van der Waals surface area contributed by atoms with Crippen LogP contribution in [0.5, 0.6) is 0 Å². The van der Waals surface area contributed by atoms with E-state index in [4.69, 9.17) is 0 Å². The number of aryl methyl sites for hydroxylation is 1. The van der Waals surface area contributed by atoms with Crippen molar-refractivity contribution in [1.82, 2.24) is 19.4 Å². The molecule has 1 aromatic heterocycles. The van der Waals surface area contributed by atoms with Gasteiger partial charge in [0.05, 0.1) is 11.0 Å². The standard InChI is InChI=1S/C17H24N4O2.ClH/c1-3-19-14-8-4-5-9-15(14)21(17(19)23)12-16(22)20-10-6-7-13(20)11-18-2;/h4-5,8-9,13,18H,3,6-7,10-12H2,1-2H3;1H. The maximum Gasteiger partial charge on any atom is 0.329 e. The van der Waals surface area contributed by atoms with Crippen LogP contribution in [0, 0.1) is 0 Å². The summed E-state index contributed by atoms with van der Waals surface area (Å²) < 4.78 is 3.33. The van der Waals surface area contributed by atoms with Crippen molar-refractivity contribution in [3.8, 4) is 0 Å². The zero-order chi connectivity index (χ0) is 16.4. The van der Waals surface area contributed by atoms with E-state index in [9.17, 15) is 9.59 Å². The van der Waals surface area contributed by atoms with Gasteiger partial charge in [-0.3, -0.25) is 13.9 Å². The average molecular weight is 353 g/mol. The second kappa shape index (κ2) is 7.85. The summed E-state index contributed by atoms with van der Waals surface area (Å²) >= 11 is 0. The second-order valence-electron chi connectivity index (χ2n) is 6.04. The molecule has 0 spiro atoms. The number of benzene rings is 1. The topological polar surface area (TPSA) is 59.3 Å². The number of nitrogens with one attached hydrogen (secondary N) is 1. The molecule has 2 heterocycles. The Hall–Kier alpha value is -1.79. The van der Waals surface area contributed by atoms with E-state index in [1.54, 1.807) is 9.13 Å². The summed E-state index contributed by atoms with van der Waals surface area (Å²) in [7, 11) is 1.90. The Morgan fingerprint density at radius 3 is 2.54 bits per heavy atom. The maximum absolute atomic E-state index is 12.7. The van der Waals surface area contributed by atoms with Gasteiger partial charge in [0.25, 0.3) is 0 Å². The van der Waals surface area contributed by atoms with Crippen LogP contribution in [0.25, 0.3) is 11.0 Å². The van der Waals surface area contributed by atoms with E-state index in [1.165, 1.54) is 0 Å². The number of carbonyl (C=O) groups is 1. The van der Waals surface area contributed by atoms with Gasteiger partial charge in [-0.2, -0.15) is 0 Å². The van der Waals surface area contributed by atoms with Crippen molar-refractivity contribution in [2.75, 3.05) is 20.1 Å². The predicted molar refractivity (Wildman–Crippen MR) is 97.8 cm³/mol. The molecule has 0 radical (unpaired) electrons. The van der Waals surface area contributed by atoms with E-state index in [-0.39, 0.29) is 36.6 Å². The highest BCUT2D eigenvalue weighted by Gasteiger charge is 2.28. The molecule has 1 aliphatic heterocycles. The zero-order valence-electron chi connectivity index (χ0n) is 14.2. The second-order valence-corrected chi connectivity index (χ2v) is 6.04. The molecule has 0 saturated carbocycles. The first-order valence-corrected chi connectivity index (χ1v) is 8.29. The van der Waals surface area contributed by atoms with Gasteiger partial charge < -0.3 is 10.2 Å². The van der Waals surface area contributed by atoms with Crippen LogP contribution in [0.2, 0.25) is 0 Å². The number of likely N-dealkylation sites (tertiary alicyclic amines) is 1. The van der Waals surface area contributed by atoms with E-state index in [1.807, 2.05) is 43.1 Å². The first-order valence-electron chi connectivity index (χ1n) is 8.29. The quantitative estimate of drug-likeness (QED) is 0.886. The van der Waals surface area contributed by atoms with Crippen LogP contribution in [0.4, 0.5) is 0 Å². The largest absolute Gasteiger partial charge is 0.337 e. The SMILES string of the molecule is CCn1c(=O)n(CC(=O)N2CCCC2CNC)c2ccccc21.Cl. The molecule has 1 saturated heterocycles. The van der Waals surface area contributed by atoms with Crippen molar-refractivity contribution in [1.29, 1.82) is 0 Å². The summed E-state index contributed by atoms with van der Waals surface area (Å²) in [5.41, 5.74) is 1.62. The Bertz CT molecular complexity index is 768. The van der Waals surface area contributed by atoms with Gasteiger partial charge in [0.2, 0.25) is 5.91 Å². The summed E-state index contributed by atoms with van der Waals surface area (Å²) in [6.45, 7) is 4.26. The maximum atomic E-state index is 12.7. The predicted octanol–water partition coefficient (Wildman–Crippen LogP) is 1.46. The van der Waals surface area contributed by atoms with E-state index in [2.05, 4.69) is 5.32 Å². The van der Waals surface area contributed by atoms with Gasteiger partial charge >= 0.3 is 5.69 Å². The van der Waals surface area contributed by atoms with E-state index in [0.717, 1.165) is 37.0 Å². The minimum absolute atomic E-state index is 0. The summed E-state index contributed by atoms with van der Waals surface area (Å²) in [5.74, 6) is 0.0313. The number of fused-ring (bicyclic) bond motifs is 1. The smallest absolute Gasteiger partial charge is 0.329 e. The number of hydrogen-bond donors (Lipinski definition) is 1. The van der Waals surface area contributed by atoms with E-state index in [0.29, 0.717) is 6.54 Å². The van der Waals surface area contributed by atoms with Crippen LogP contribution in [-0.4, -0.2) is 46.1 Å². The first kappa shape index (κ1) is 18.5. The molecule has 6 nitrogen and oxygen atoms in total. The first-order chi connectivity index (χ1) is 11.2. The third-order valence-electron chi connectivity index (χ3n) is 4.67. The van der Waals surface area contributed by atoms with E-state index < -0.39 is 0 Å². The van der Waals surface area contributed by atoms with Crippen LogP contribution in [-0.2, 0) is 17.9 Å². The number of rotatable bonds is 5. The molecule has 1 aromatic carbocycles. The lowest BCUT2D eigenvalue weighted by atomic mass is 10.2. The van der Waals surface area contributed by atoms with Gasteiger partial charge in [-0.15, -0.1) is 12.4 Å². The molecule has 3 rings (SSSR count). The van der Waals surface area contributed by atoms with Gasteiger partial charge in [-0.25, -0.2) is 4.79 Å². The van der Waals surface area contributed by atoms with Gasteiger partial charge in [0, 0.05) is 25.7 Å². The molecule has 1 atom stereocenters. The Balaban J connectivity index is 0.00000208. The minimum atomic E-state index is -0.105. The molecule has 0 aliphatic carbocycles. The van der Waals surface area contributed by atoms with Crippen molar-refractivity contribution < 1.29 is 4.79 Å². The fourth-order valence-corrected chi connectivity index (χ4v) is 3.57. The number of aromatic nitrogens is 2. The fraction of sp³-hybridized carbons (Fsp3) is 0.529. The number of amides is 1. The van der Waals surface area contributed by atoms with Crippen LogP contribution >= 0.6 is 12.4 Å². The van der Waals surface area contributed by atoms with Crippen molar-refractivity contribution in [3.05, 3.63) is 34.7 Å². The van der Waals surface area contributed by atoms with Crippen molar-refractivity contribution in [3.63, 3.8) is 0 Å². The number of likely N-dealkylation sites (N-methyl/N-ethyl adjacent to an activating group) is 1. The molecule has 1 amide bonds. The monoisotopic (exact) mass is 352 g/mol. The van der Waals surface area contributed by atoms with Crippen molar-refractivity contribution in [2.24, 2.45) is 0 Å². The lowest BCUT2D eigenvalue weighted by molar-refractivity contribution is -0.132. The lowest BCUT2D eigenvalue weighted by Gasteiger charge is -2.24. The normalized spacial score (nSPS) is 17.2. The van der Waals surface area contributed by atoms with Crippen LogP contribution in [0.15, 0.2) is 29.1 Å². The summed E-state index contributed by atoms with van der Waals surface area (Å²) in [6.07, 6.45) is 2.06. The van der Waals surface area contributed by atoms with Gasteiger partial charge in [-0.1, -0.05) is 12.1 Å². The number of hydrogen-bond acceptors (Lipinski definition) is 3. The highest BCUT2D eigenvalue weighted by molar-refractivity contribution is 5.85. The molecule has 7 heteroatoms. The minimum Gasteiger partial charge on any atom is -0.337 e. The molecule has 24 heavy (non-hydrogen) atoms. The molecule has 0 bridgehead atoms. The molecular formula is C17H25ClN4O2. The van der Waals surface area contributed by atoms with Gasteiger partial charge in [0.15, 0.2) is 0 Å². The van der Waals surface area contributed by atoms with Crippen molar-refractivity contribution >= 4 is 29.3 Å².